The fraction of sp³-hybridized carbons (Fsp3) is 0.300. The molecule has 0 aliphatic rings. The molecular weight excluding hydrogens is 344 g/mol. The minimum Gasteiger partial charge on any atom is -0.361 e. The highest BCUT2D eigenvalue weighted by molar-refractivity contribution is 5.69. The first-order valence-electron chi connectivity index (χ1n) is 8.78. The topological polar surface area (TPSA) is 94.1 Å². The van der Waals surface area contributed by atoms with Crippen LogP contribution in [-0.2, 0) is 0 Å². The predicted octanol–water partition coefficient (Wildman–Crippen LogP) is 5.07. The number of nitrogens with zero attached hydrogens (tertiary/aromatic N) is 3. The molecular formula is C20H22N4O3. The average molecular weight is 366 g/mol. The normalized spacial score (nSPS) is 12.2. The van der Waals surface area contributed by atoms with Crippen molar-refractivity contribution >= 4 is 11.5 Å². The van der Waals surface area contributed by atoms with Crippen LogP contribution >= 0.6 is 0 Å². The van der Waals surface area contributed by atoms with Gasteiger partial charge in [0, 0.05) is 6.07 Å². The molecule has 7 nitrogen and oxygen atoms in total. The first-order valence-corrected chi connectivity index (χ1v) is 8.78. The van der Waals surface area contributed by atoms with Crippen molar-refractivity contribution in [2.45, 2.75) is 33.7 Å². The number of hydrogen-bond donors (Lipinski definition) is 1. The Kier molecular flexibility index (Phi) is 5.21. The molecule has 1 unspecified atom stereocenters. The van der Waals surface area contributed by atoms with Gasteiger partial charge in [0.25, 0.3) is 0 Å². The molecule has 27 heavy (non-hydrogen) atoms. The van der Waals surface area contributed by atoms with Crippen LogP contribution in [0.2, 0.25) is 0 Å². The van der Waals surface area contributed by atoms with Crippen LogP contribution in [0.3, 0.4) is 0 Å². The van der Waals surface area contributed by atoms with E-state index in [1.54, 1.807) is 13.0 Å². The van der Waals surface area contributed by atoms with E-state index in [0.717, 1.165) is 11.1 Å². The van der Waals surface area contributed by atoms with E-state index in [0.29, 0.717) is 17.1 Å². The minimum atomic E-state index is -0.422. The molecule has 0 amide bonds. The molecule has 0 bridgehead atoms. The molecule has 0 saturated heterocycles. The number of nitrogens with one attached hydrogen (secondary N) is 1. The number of aryl methyl sites for hydroxylation is 2. The van der Waals surface area contributed by atoms with Gasteiger partial charge in [-0.3, -0.25) is 10.1 Å². The highest BCUT2D eigenvalue weighted by Gasteiger charge is 2.24. The van der Waals surface area contributed by atoms with Crippen molar-refractivity contribution in [3.63, 3.8) is 0 Å². The summed E-state index contributed by atoms with van der Waals surface area (Å²) in [4.78, 5) is 15.7. The standard InChI is InChI=1S/C20H22N4O3/c1-12(2)19(15-8-6-5-7-9-15)22-20-17(24(25)26)11-10-16(21-20)18-13(3)23-27-14(18)4/h5-12,19H,1-4H3,(H,21,22). The average Bonchev–Trinajstić information content (AvgIpc) is 2.98. The summed E-state index contributed by atoms with van der Waals surface area (Å²) in [5.41, 5.74) is 3.03. The third-order valence-electron chi connectivity index (χ3n) is 4.48. The van der Waals surface area contributed by atoms with Crippen LogP contribution in [0.1, 0.15) is 36.9 Å². The van der Waals surface area contributed by atoms with E-state index in [4.69, 9.17) is 4.52 Å². The number of hydrogen-bond acceptors (Lipinski definition) is 6. The maximum atomic E-state index is 11.5. The Hall–Kier alpha value is -3.22. The monoisotopic (exact) mass is 366 g/mol. The summed E-state index contributed by atoms with van der Waals surface area (Å²) in [6.45, 7) is 7.75. The molecule has 2 aromatic heterocycles. The summed E-state index contributed by atoms with van der Waals surface area (Å²) in [5.74, 6) is 1.07. The molecule has 0 aliphatic carbocycles. The smallest absolute Gasteiger partial charge is 0.311 e. The highest BCUT2D eigenvalue weighted by Crippen LogP contribution is 2.34. The van der Waals surface area contributed by atoms with E-state index < -0.39 is 4.92 Å². The number of nitro groups is 1. The van der Waals surface area contributed by atoms with Gasteiger partial charge in [0.05, 0.1) is 27.9 Å². The second kappa shape index (κ2) is 7.57. The van der Waals surface area contributed by atoms with Crippen LogP contribution in [0.5, 0.6) is 0 Å². The highest BCUT2D eigenvalue weighted by atomic mass is 16.6. The van der Waals surface area contributed by atoms with E-state index in [1.165, 1.54) is 6.07 Å². The van der Waals surface area contributed by atoms with Crippen LogP contribution in [0.4, 0.5) is 11.5 Å². The zero-order chi connectivity index (χ0) is 19.6. The summed E-state index contributed by atoms with van der Waals surface area (Å²) in [6, 6.07) is 12.8. The molecule has 1 aromatic carbocycles. The minimum absolute atomic E-state index is 0.0629. The molecule has 1 N–H and O–H groups in total. The quantitative estimate of drug-likeness (QED) is 0.483. The van der Waals surface area contributed by atoms with Crippen molar-refractivity contribution in [1.82, 2.24) is 10.1 Å². The van der Waals surface area contributed by atoms with Crippen LogP contribution in [0, 0.1) is 29.9 Å². The molecule has 0 fully saturated rings. The molecule has 0 saturated carbocycles. The molecule has 0 spiro atoms. The molecule has 1 atom stereocenters. The zero-order valence-electron chi connectivity index (χ0n) is 15.8. The molecule has 3 aromatic rings. The molecule has 140 valence electrons. The van der Waals surface area contributed by atoms with Crippen LogP contribution < -0.4 is 5.32 Å². The van der Waals surface area contributed by atoms with Gasteiger partial charge >= 0.3 is 5.69 Å². The Balaban J connectivity index is 2.07. The summed E-state index contributed by atoms with van der Waals surface area (Å²) < 4.78 is 5.21. The maximum absolute atomic E-state index is 11.5. The van der Waals surface area contributed by atoms with Crippen molar-refractivity contribution in [2.75, 3.05) is 5.32 Å². The fourth-order valence-corrected chi connectivity index (χ4v) is 3.14. The third kappa shape index (κ3) is 3.81. The molecule has 0 radical (unpaired) electrons. The summed E-state index contributed by atoms with van der Waals surface area (Å²) in [5, 5.41) is 18.8. The summed E-state index contributed by atoms with van der Waals surface area (Å²) in [6.07, 6.45) is 0. The second-order valence-electron chi connectivity index (χ2n) is 6.80. The van der Waals surface area contributed by atoms with Crippen LogP contribution in [0.25, 0.3) is 11.3 Å². The zero-order valence-corrected chi connectivity index (χ0v) is 15.8. The first kappa shape index (κ1) is 18.6. The maximum Gasteiger partial charge on any atom is 0.311 e. The molecule has 7 heteroatoms. The van der Waals surface area contributed by atoms with E-state index >= 15 is 0 Å². The first-order chi connectivity index (χ1) is 12.9. The lowest BCUT2D eigenvalue weighted by atomic mass is 9.96. The second-order valence-corrected chi connectivity index (χ2v) is 6.80. The molecule has 2 heterocycles. The number of anilines is 1. The number of aromatic nitrogens is 2. The van der Waals surface area contributed by atoms with E-state index in [9.17, 15) is 10.1 Å². The van der Waals surface area contributed by atoms with E-state index in [1.807, 2.05) is 37.3 Å². The largest absolute Gasteiger partial charge is 0.361 e. The summed E-state index contributed by atoms with van der Waals surface area (Å²) >= 11 is 0. The van der Waals surface area contributed by atoms with Crippen LogP contribution in [-0.4, -0.2) is 15.1 Å². The van der Waals surface area contributed by atoms with Gasteiger partial charge in [-0.05, 0) is 31.4 Å². The third-order valence-corrected chi connectivity index (χ3v) is 4.48. The van der Waals surface area contributed by atoms with Crippen LogP contribution in [0.15, 0.2) is 47.0 Å². The van der Waals surface area contributed by atoms with Crippen molar-refractivity contribution in [3.05, 3.63) is 69.6 Å². The lowest BCUT2D eigenvalue weighted by Gasteiger charge is -2.23. The Morgan fingerprint density at radius 3 is 2.37 bits per heavy atom. The molecule has 3 rings (SSSR count). The Labute approximate surface area is 157 Å². The lowest BCUT2D eigenvalue weighted by Crippen LogP contribution is -2.18. The number of benzene rings is 1. The predicted molar refractivity (Wildman–Crippen MR) is 104 cm³/mol. The van der Waals surface area contributed by atoms with Gasteiger partial charge in [-0.1, -0.05) is 49.3 Å². The van der Waals surface area contributed by atoms with Gasteiger partial charge in [0.15, 0.2) is 0 Å². The number of pyridine rings is 1. The fourth-order valence-electron chi connectivity index (χ4n) is 3.14. The Bertz CT molecular complexity index is 932. The van der Waals surface area contributed by atoms with Crippen molar-refractivity contribution in [2.24, 2.45) is 5.92 Å². The molecule has 0 aliphatic heterocycles. The Morgan fingerprint density at radius 1 is 1.11 bits per heavy atom. The van der Waals surface area contributed by atoms with Gasteiger partial charge in [0.1, 0.15) is 5.76 Å². The van der Waals surface area contributed by atoms with Gasteiger partial charge < -0.3 is 9.84 Å². The Morgan fingerprint density at radius 2 is 1.81 bits per heavy atom. The van der Waals surface area contributed by atoms with E-state index in [-0.39, 0.29) is 23.5 Å². The van der Waals surface area contributed by atoms with Gasteiger partial charge in [-0.25, -0.2) is 4.98 Å². The summed E-state index contributed by atoms with van der Waals surface area (Å²) in [7, 11) is 0. The van der Waals surface area contributed by atoms with Gasteiger partial charge in [-0.15, -0.1) is 0 Å². The SMILES string of the molecule is Cc1noc(C)c1-c1ccc([N+](=O)[O-])c(NC(c2ccccc2)C(C)C)n1. The van der Waals surface area contributed by atoms with Crippen molar-refractivity contribution in [1.29, 1.82) is 0 Å². The van der Waals surface area contributed by atoms with E-state index in [2.05, 4.69) is 29.3 Å². The lowest BCUT2D eigenvalue weighted by molar-refractivity contribution is -0.384. The van der Waals surface area contributed by atoms with Crippen molar-refractivity contribution < 1.29 is 9.45 Å². The number of rotatable bonds is 6. The van der Waals surface area contributed by atoms with Crippen molar-refractivity contribution in [3.8, 4) is 11.3 Å². The van der Waals surface area contributed by atoms with Gasteiger partial charge in [0.2, 0.25) is 5.82 Å². The van der Waals surface area contributed by atoms with Gasteiger partial charge in [-0.2, -0.15) is 0 Å².